The number of phenolic OH excluding ortho intramolecular Hbond substituents is 1. The molecular formula is C30H39F3N3O+. The van der Waals surface area contributed by atoms with Crippen LogP contribution in [0, 0.1) is 5.41 Å². The third kappa shape index (κ3) is 6.63. The molecule has 7 heteroatoms. The monoisotopic (exact) mass is 514 g/mol. The number of rotatable bonds is 6. The number of nitrogens with zero attached hydrogens (tertiary/aromatic N) is 1. The van der Waals surface area contributed by atoms with Gasteiger partial charge in [-0.15, -0.1) is 0 Å². The van der Waals surface area contributed by atoms with Crippen LogP contribution in [-0.2, 0) is 10.8 Å². The molecular weight excluding hydrogens is 475 g/mol. The van der Waals surface area contributed by atoms with Gasteiger partial charge in [0.05, 0.1) is 11.3 Å². The standard InChI is InChI=1S/C30H38F3N3O/c1-27(2,3)18-28(4,5)21-15-22(29(6,7)19-11-9-8-10-12-19)26(37)25(17-21)36-35-24-16-20(30(31,32)33)13-14-23(24)34/h8-17,23,36-37H,18,34H2,1-7H3/p+1. The third-order valence-electron chi connectivity index (χ3n) is 6.86. The Balaban J connectivity index is 2.15. The van der Waals surface area contributed by atoms with Crippen molar-refractivity contribution in [2.75, 3.05) is 5.43 Å². The molecule has 0 aliphatic heterocycles. The number of alkyl halides is 3. The SMILES string of the molecule is CC(C)(C)CC(C)(C)c1cc(NN=C2C=C(C(F)(F)F)C=CC2[NH3+])c(O)c(C(C)(C)c2ccccc2)c1. The summed E-state index contributed by atoms with van der Waals surface area (Å²) in [4.78, 5) is 0. The number of quaternary nitrogens is 1. The van der Waals surface area contributed by atoms with Crippen LogP contribution in [0.3, 0.4) is 0 Å². The molecule has 0 fully saturated rings. The highest BCUT2D eigenvalue weighted by atomic mass is 19.4. The van der Waals surface area contributed by atoms with E-state index in [4.69, 9.17) is 0 Å². The lowest BCUT2D eigenvalue weighted by Crippen LogP contribution is -2.64. The number of aromatic hydroxyl groups is 1. The van der Waals surface area contributed by atoms with E-state index >= 15 is 0 Å². The molecule has 3 rings (SSSR count). The van der Waals surface area contributed by atoms with Crippen molar-refractivity contribution in [2.45, 2.75) is 77.9 Å². The fourth-order valence-corrected chi connectivity index (χ4v) is 5.07. The maximum atomic E-state index is 13.3. The van der Waals surface area contributed by atoms with Crippen molar-refractivity contribution in [1.82, 2.24) is 0 Å². The van der Waals surface area contributed by atoms with Crippen molar-refractivity contribution < 1.29 is 24.0 Å². The molecule has 5 N–H and O–H groups in total. The fourth-order valence-electron chi connectivity index (χ4n) is 5.07. The van der Waals surface area contributed by atoms with Gasteiger partial charge in [-0.3, -0.25) is 5.43 Å². The number of nitrogens with one attached hydrogen (secondary N) is 1. The predicted octanol–water partition coefficient (Wildman–Crippen LogP) is 6.87. The Morgan fingerprint density at radius 2 is 1.57 bits per heavy atom. The quantitative estimate of drug-likeness (QED) is 0.291. The van der Waals surface area contributed by atoms with Gasteiger partial charge in [0.25, 0.3) is 0 Å². The summed E-state index contributed by atoms with van der Waals surface area (Å²) < 4.78 is 39.8. The highest BCUT2D eigenvalue weighted by Crippen LogP contribution is 2.45. The van der Waals surface area contributed by atoms with Crippen LogP contribution in [0.15, 0.2) is 71.4 Å². The van der Waals surface area contributed by atoms with Gasteiger partial charge in [-0.2, -0.15) is 18.3 Å². The van der Waals surface area contributed by atoms with Gasteiger partial charge in [0, 0.05) is 11.0 Å². The first kappa shape index (κ1) is 28.5. The van der Waals surface area contributed by atoms with Crippen LogP contribution in [0.1, 0.15) is 71.6 Å². The van der Waals surface area contributed by atoms with Crippen LogP contribution in [0.2, 0.25) is 0 Å². The van der Waals surface area contributed by atoms with Crippen molar-refractivity contribution >= 4 is 11.4 Å². The minimum Gasteiger partial charge on any atom is -0.505 e. The zero-order chi connectivity index (χ0) is 27.8. The first-order valence-corrected chi connectivity index (χ1v) is 12.5. The van der Waals surface area contributed by atoms with E-state index < -0.39 is 23.2 Å². The van der Waals surface area contributed by atoms with Crippen LogP contribution < -0.4 is 11.2 Å². The Morgan fingerprint density at radius 3 is 2.14 bits per heavy atom. The molecule has 37 heavy (non-hydrogen) atoms. The zero-order valence-corrected chi connectivity index (χ0v) is 22.8. The lowest BCUT2D eigenvalue weighted by atomic mass is 9.70. The first-order valence-electron chi connectivity index (χ1n) is 12.5. The Kier molecular flexibility index (Phi) is 7.71. The molecule has 0 saturated heterocycles. The average Bonchev–Trinajstić information content (AvgIpc) is 2.77. The van der Waals surface area contributed by atoms with Crippen LogP contribution in [0.25, 0.3) is 0 Å². The van der Waals surface area contributed by atoms with Gasteiger partial charge in [0.1, 0.15) is 17.5 Å². The number of phenols is 1. The Bertz CT molecular complexity index is 1220. The molecule has 1 aliphatic rings. The number of benzene rings is 2. The molecule has 0 bridgehead atoms. The minimum atomic E-state index is -4.48. The molecule has 2 aromatic rings. The van der Waals surface area contributed by atoms with Gasteiger partial charge >= 0.3 is 6.18 Å². The molecule has 0 aromatic heterocycles. The van der Waals surface area contributed by atoms with Crippen molar-refractivity contribution in [2.24, 2.45) is 10.5 Å². The summed E-state index contributed by atoms with van der Waals surface area (Å²) in [5.74, 6) is 0.0144. The molecule has 1 aliphatic carbocycles. The molecule has 1 unspecified atom stereocenters. The summed E-state index contributed by atoms with van der Waals surface area (Å²) in [5, 5.41) is 15.7. The molecule has 0 heterocycles. The van der Waals surface area contributed by atoms with Crippen LogP contribution >= 0.6 is 0 Å². The number of halogens is 3. The summed E-state index contributed by atoms with van der Waals surface area (Å²) in [6.45, 7) is 15.0. The summed E-state index contributed by atoms with van der Waals surface area (Å²) in [7, 11) is 0. The van der Waals surface area contributed by atoms with Gasteiger partial charge in [-0.1, -0.05) is 84.9 Å². The topological polar surface area (TPSA) is 72.3 Å². The minimum absolute atomic E-state index is 0.0144. The van der Waals surface area contributed by atoms with Gasteiger partial charge in [0.15, 0.2) is 0 Å². The highest BCUT2D eigenvalue weighted by molar-refractivity contribution is 6.02. The van der Waals surface area contributed by atoms with Crippen molar-refractivity contribution in [3.8, 4) is 5.75 Å². The first-order chi connectivity index (χ1) is 16.9. The van der Waals surface area contributed by atoms with E-state index in [1.807, 2.05) is 56.3 Å². The van der Waals surface area contributed by atoms with E-state index in [0.717, 1.165) is 29.7 Å². The fraction of sp³-hybridized carbons (Fsp3) is 0.433. The zero-order valence-electron chi connectivity index (χ0n) is 22.8. The third-order valence-corrected chi connectivity index (χ3v) is 6.86. The van der Waals surface area contributed by atoms with Crippen molar-refractivity contribution in [3.63, 3.8) is 0 Å². The summed E-state index contributed by atoms with van der Waals surface area (Å²) in [6.07, 6.45) is -0.221. The lowest BCUT2D eigenvalue weighted by Gasteiger charge is -2.35. The maximum Gasteiger partial charge on any atom is 0.416 e. The number of hydrogen-bond donors (Lipinski definition) is 3. The number of allylic oxidation sites excluding steroid dienone is 2. The molecule has 0 spiro atoms. The molecule has 0 amide bonds. The van der Waals surface area contributed by atoms with Crippen molar-refractivity contribution in [3.05, 3.63) is 83.0 Å². The molecule has 0 saturated carbocycles. The van der Waals surface area contributed by atoms with Gasteiger partial charge in [-0.05, 0) is 52.7 Å². The molecule has 0 radical (unpaired) electrons. The summed E-state index contributed by atoms with van der Waals surface area (Å²) >= 11 is 0. The Hall–Kier alpha value is -3.06. The second kappa shape index (κ2) is 10.0. The van der Waals surface area contributed by atoms with E-state index in [1.165, 1.54) is 6.08 Å². The normalized spacial score (nSPS) is 18.2. The predicted molar refractivity (Wildman–Crippen MR) is 145 cm³/mol. The number of hydrazone groups is 1. The molecule has 4 nitrogen and oxygen atoms in total. The largest absolute Gasteiger partial charge is 0.505 e. The van der Waals surface area contributed by atoms with E-state index in [-0.39, 0.29) is 22.3 Å². The molecule has 2 aromatic carbocycles. The summed E-state index contributed by atoms with van der Waals surface area (Å²) in [5.41, 5.74) is 8.46. The average molecular weight is 515 g/mol. The highest BCUT2D eigenvalue weighted by Gasteiger charge is 2.35. The number of hydrogen-bond acceptors (Lipinski definition) is 3. The van der Waals surface area contributed by atoms with E-state index in [2.05, 4.69) is 50.9 Å². The second-order valence-electron chi connectivity index (χ2n) is 12.2. The Labute approximate surface area is 218 Å². The van der Waals surface area contributed by atoms with Crippen LogP contribution in [-0.4, -0.2) is 23.0 Å². The Morgan fingerprint density at radius 1 is 0.946 bits per heavy atom. The van der Waals surface area contributed by atoms with Gasteiger partial charge in [0.2, 0.25) is 0 Å². The molecule has 1 atom stereocenters. The van der Waals surface area contributed by atoms with E-state index in [0.29, 0.717) is 11.3 Å². The molecule has 200 valence electrons. The summed E-state index contributed by atoms with van der Waals surface area (Å²) in [6, 6.07) is 13.2. The smallest absolute Gasteiger partial charge is 0.416 e. The maximum absolute atomic E-state index is 13.3. The van der Waals surface area contributed by atoms with Crippen LogP contribution in [0.4, 0.5) is 18.9 Å². The lowest BCUT2D eigenvalue weighted by molar-refractivity contribution is -0.379. The number of anilines is 1. The van der Waals surface area contributed by atoms with Crippen molar-refractivity contribution in [1.29, 1.82) is 0 Å². The second-order valence-corrected chi connectivity index (χ2v) is 12.2. The van der Waals surface area contributed by atoms with Crippen LogP contribution in [0.5, 0.6) is 5.75 Å². The van der Waals surface area contributed by atoms with Gasteiger partial charge in [-0.25, -0.2) is 0 Å². The van der Waals surface area contributed by atoms with E-state index in [9.17, 15) is 18.3 Å². The van der Waals surface area contributed by atoms with Gasteiger partial charge < -0.3 is 10.8 Å². The van der Waals surface area contributed by atoms with E-state index in [1.54, 1.807) is 0 Å².